The molecule has 0 aromatic carbocycles. The van der Waals surface area contributed by atoms with Gasteiger partial charge in [-0.25, -0.2) is 13.4 Å². The fourth-order valence-electron chi connectivity index (χ4n) is 3.16. The van der Waals surface area contributed by atoms with Gasteiger partial charge in [0.1, 0.15) is 6.54 Å². The molecule has 2 heterocycles. The highest BCUT2D eigenvalue weighted by atomic mass is 32.2. The van der Waals surface area contributed by atoms with Crippen molar-refractivity contribution in [3.05, 3.63) is 12.5 Å². The van der Waals surface area contributed by atoms with E-state index >= 15 is 0 Å². The molecule has 1 N–H and O–H groups in total. The Kier molecular flexibility index (Phi) is 5.52. The van der Waals surface area contributed by atoms with Crippen molar-refractivity contribution in [2.24, 2.45) is 0 Å². The number of nitrogens with zero attached hydrogens (tertiary/aromatic N) is 3. The molecule has 0 spiro atoms. The summed E-state index contributed by atoms with van der Waals surface area (Å²) in [4.78, 5) is 16.1. The Balaban J connectivity index is 1.59. The Morgan fingerprint density at radius 2 is 1.96 bits per heavy atom. The number of morpholine rings is 1. The number of hydrogen-bond acceptors (Lipinski definition) is 5. The van der Waals surface area contributed by atoms with Gasteiger partial charge in [-0.05, 0) is 12.8 Å². The van der Waals surface area contributed by atoms with E-state index in [1.165, 1.54) is 27.8 Å². The zero-order valence-corrected chi connectivity index (χ0v) is 14.5. The van der Waals surface area contributed by atoms with E-state index in [4.69, 9.17) is 4.74 Å². The lowest BCUT2D eigenvalue weighted by atomic mass is 9.95. The maximum absolute atomic E-state index is 12.5. The van der Waals surface area contributed by atoms with Crippen LogP contribution >= 0.6 is 0 Å². The first kappa shape index (κ1) is 17.4. The van der Waals surface area contributed by atoms with Crippen molar-refractivity contribution in [3.63, 3.8) is 0 Å². The van der Waals surface area contributed by atoms with Gasteiger partial charge in [0.15, 0.2) is 5.03 Å². The number of amides is 1. The molecule has 3 rings (SSSR count). The molecule has 1 amide bonds. The molecule has 0 bridgehead atoms. The van der Waals surface area contributed by atoms with Crippen molar-refractivity contribution < 1.29 is 17.9 Å². The van der Waals surface area contributed by atoms with Gasteiger partial charge in [-0.15, -0.1) is 0 Å². The first-order valence-corrected chi connectivity index (χ1v) is 9.89. The number of carbonyl (C=O) groups excluding carboxylic acids is 1. The maximum Gasteiger partial charge on any atom is 0.262 e. The van der Waals surface area contributed by atoms with E-state index in [0.29, 0.717) is 26.3 Å². The Morgan fingerprint density at radius 1 is 1.25 bits per heavy atom. The quantitative estimate of drug-likeness (QED) is 0.822. The summed E-state index contributed by atoms with van der Waals surface area (Å²) in [6.07, 6.45) is 8.39. The van der Waals surface area contributed by atoms with Gasteiger partial charge in [0.2, 0.25) is 5.91 Å². The molecule has 8 nitrogen and oxygen atoms in total. The van der Waals surface area contributed by atoms with Crippen LogP contribution in [0.3, 0.4) is 0 Å². The molecule has 24 heavy (non-hydrogen) atoms. The lowest BCUT2D eigenvalue weighted by Crippen LogP contribution is -2.40. The predicted octanol–water partition coefficient (Wildman–Crippen LogP) is 0.353. The van der Waals surface area contributed by atoms with Gasteiger partial charge in [-0.3, -0.25) is 4.79 Å². The lowest BCUT2D eigenvalue weighted by molar-refractivity contribution is -0.122. The smallest absolute Gasteiger partial charge is 0.262 e. The molecule has 1 aromatic rings. The van der Waals surface area contributed by atoms with E-state index < -0.39 is 10.0 Å². The van der Waals surface area contributed by atoms with E-state index in [1.54, 1.807) is 0 Å². The van der Waals surface area contributed by atoms with Crippen LogP contribution in [0, 0.1) is 0 Å². The molecule has 2 aliphatic rings. The van der Waals surface area contributed by atoms with Crippen LogP contribution in [-0.2, 0) is 26.1 Å². The van der Waals surface area contributed by atoms with Gasteiger partial charge >= 0.3 is 0 Å². The Hall–Kier alpha value is -1.45. The van der Waals surface area contributed by atoms with Crippen molar-refractivity contribution in [1.82, 2.24) is 19.2 Å². The van der Waals surface area contributed by atoms with Gasteiger partial charge in [-0.2, -0.15) is 4.31 Å². The van der Waals surface area contributed by atoms with Crippen molar-refractivity contribution >= 4 is 15.9 Å². The summed E-state index contributed by atoms with van der Waals surface area (Å²) >= 11 is 0. The lowest BCUT2D eigenvalue weighted by Gasteiger charge is -2.24. The van der Waals surface area contributed by atoms with E-state index in [0.717, 1.165) is 25.7 Å². The molecule has 0 radical (unpaired) electrons. The van der Waals surface area contributed by atoms with Crippen LogP contribution in [-0.4, -0.2) is 60.5 Å². The molecule has 0 atom stereocenters. The predicted molar refractivity (Wildman–Crippen MR) is 86.8 cm³/mol. The summed E-state index contributed by atoms with van der Waals surface area (Å²) in [5.41, 5.74) is 0. The molecule has 1 saturated carbocycles. The third-order valence-corrected chi connectivity index (χ3v) is 6.26. The van der Waals surface area contributed by atoms with Crippen LogP contribution in [0.1, 0.15) is 32.1 Å². The molecule has 1 aliphatic carbocycles. The summed E-state index contributed by atoms with van der Waals surface area (Å²) in [6, 6.07) is 0.242. The fraction of sp³-hybridized carbons (Fsp3) is 0.733. The van der Waals surface area contributed by atoms with Gasteiger partial charge in [0, 0.05) is 25.3 Å². The minimum atomic E-state index is -3.61. The normalized spacial score (nSPS) is 20.8. The summed E-state index contributed by atoms with van der Waals surface area (Å²) in [5, 5.41) is 3.00. The molecule has 1 aromatic heterocycles. The summed E-state index contributed by atoms with van der Waals surface area (Å²) in [5.74, 6) is -0.102. The van der Waals surface area contributed by atoms with E-state index in [2.05, 4.69) is 10.3 Å². The summed E-state index contributed by atoms with van der Waals surface area (Å²) < 4.78 is 33.1. The molecule has 0 unspecified atom stereocenters. The van der Waals surface area contributed by atoms with Gasteiger partial charge in [0.05, 0.1) is 19.5 Å². The van der Waals surface area contributed by atoms with E-state index in [-0.39, 0.29) is 23.5 Å². The third-order valence-electron chi connectivity index (χ3n) is 4.48. The Morgan fingerprint density at radius 3 is 2.67 bits per heavy atom. The Bertz CT molecular complexity index is 661. The van der Waals surface area contributed by atoms with Crippen LogP contribution in [0.5, 0.6) is 0 Å². The number of hydrogen-bond donors (Lipinski definition) is 1. The summed E-state index contributed by atoms with van der Waals surface area (Å²) in [7, 11) is -3.61. The highest BCUT2D eigenvalue weighted by Crippen LogP contribution is 2.18. The van der Waals surface area contributed by atoms with Gasteiger partial charge < -0.3 is 14.6 Å². The highest BCUT2D eigenvalue weighted by molar-refractivity contribution is 7.89. The second-order valence-electron chi connectivity index (χ2n) is 6.30. The largest absolute Gasteiger partial charge is 0.379 e. The van der Waals surface area contributed by atoms with Gasteiger partial charge in [0.25, 0.3) is 10.0 Å². The molecule has 2 fully saturated rings. The van der Waals surface area contributed by atoms with Crippen molar-refractivity contribution in [2.45, 2.75) is 49.7 Å². The number of sulfonamides is 1. The molecule has 1 saturated heterocycles. The van der Waals surface area contributed by atoms with Crippen LogP contribution in [0.2, 0.25) is 0 Å². The zero-order valence-electron chi connectivity index (χ0n) is 13.7. The number of rotatable bonds is 5. The Labute approximate surface area is 142 Å². The number of imidazole rings is 1. The molecular formula is C15H24N4O4S. The summed E-state index contributed by atoms with van der Waals surface area (Å²) in [6.45, 7) is 1.53. The average molecular weight is 356 g/mol. The van der Waals surface area contributed by atoms with E-state index in [9.17, 15) is 13.2 Å². The number of aromatic nitrogens is 2. The second kappa shape index (κ2) is 7.62. The topological polar surface area (TPSA) is 93.5 Å². The van der Waals surface area contributed by atoms with Crippen molar-refractivity contribution in [2.75, 3.05) is 26.3 Å². The number of carbonyl (C=O) groups is 1. The van der Waals surface area contributed by atoms with E-state index in [1.807, 2.05) is 0 Å². The van der Waals surface area contributed by atoms with Gasteiger partial charge in [-0.1, -0.05) is 19.3 Å². The molecule has 134 valence electrons. The monoisotopic (exact) mass is 356 g/mol. The van der Waals surface area contributed by atoms with Crippen LogP contribution in [0.4, 0.5) is 0 Å². The highest BCUT2D eigenvalue weighted by Gasteiger charge is 2.28. The van der Waals surface area contributed by atoms with Crippen molar-refractivity contribution in [3.8, 4) is 0 Å². The SMILES string of the molecule is O=C(Cn1cnc(S(=O)(=O)N2CCOCC2)c1)NC1CCCCC1. The second-order valence-corrected chi connectivity index (χ2v) is 8.19. The maximum atomic E-state index is 12.5. The average Bonchev–Trinajstić information content (AvgIpc) is 3.05. The standard InChI is InChI=1S/C15H24N4O4S/c20-14(17-13-4-2-1-3-5-13)10-18-11-15(16-12-18)24(21,22)19-6-8-23-9-7-19/h11-13H,1-10H2,(H,17,20). The minimum Gasteiger partial charge on any atom is -0.379 e. The molecule has 1 aliphatic heterocycles. The number of ether oxygens (including phenoxy) is 1. The first-order chi connectivity index (χ1) is 11.6. The van der Waals surface area contributed by atoms with Crippen LogP contribution < -0.4 is 5.32 Å². The third kappa shape index (κ3) is 4.14. The van der Waals surface area contributed by atoms with Crippen LogP contribution in [0.25, 0.3) is 0 Å². The fourth-order valence-corrected chi connectivity index (χ4v) is 4.51. The first-order valence-electron chi connectivity index (χ1n) is 8.45. The minimum absolute atomic E-state index is 0.0186. The molecule has 9 heteroatoms. The number of nitrogens with one attached hydrogen (secondary N) is 1. The van der Waals surface area contributed by atoms with Crippen LogP contribution in [0.15, 0.2) is 17.6 Å². The van der Waals surface area contributed by atoms with Crippen molar-refractivity contribution in [1.29, 1.82) is 0 Å². The molecular weight excluding hydrogens is 332 g/mol. The zero-order chi connectivity index (χ0) is 17.0.